The van der Waals surface area contributed by atoms with Crippen molar-refractivity contribution >= 4 is 17.4 Å². The zero-order valence-corrected chi connectivity index (χ0v) is 9.32. The lowest BCUT2D eigenvalue weighted by atomic mass is 10.1. The zero-order valence-electron chi connectivity index (χ0n) is 8.57. The van der Waals surface area contributed by atoms with Crippen LogP contribution in [0.25, 0.3) is 0 Å². The minimum absolute atomic E-state index is 0.127. The average Bonchev–Trinajstić information content (AvgIpc) is 2.81. The third kappa shape index (κ3) is 1.95. The first-order valence-electron chi connectivity index (χ1n) is 4.63. The maximum atomic E-state index is 11.9. The van der Waals surface area contributed by atoms with E-state index in [4.69, 9.17) is 20.8 Å². The highest BCUT2D eigenvalue weighted by Crippen LogP contribution is 2.26. The first kappa shape index (κ1) is 10.8. The predicted molar refractivity (Wildman–Crippen MR) is 60.1 cm³/mol. The van der Waals surface area contributed by atoms with Crippen LogP contribution in [0.5, 0.6) is 5.75 Å². The molecule has 82 valence electrons. The summed E-state index contributed by atoms with van der Waals surface area (Å²) >= 11 is 5.93. The van der Waals surface area contributed by atoms with Gasteiger partial charge in [-0.3, -0.25) is 4.79 Å². The molecule has 0 amide bonds. The van der Waals surface area contributed by atoms with Crippen molar-refractivity contribution in [2.45, 2.75) is 0 Å². The van der Waals surface area contributed by atoms with E-state index in [9.17, 15) is 4.79 Å². The zero-order chi connectivity index (χ0) is 11.5. The molecule has 0 aliphatic carbocycles. The summed E-state index contributed by atoms with van der Waals surface area (Å²) in [7, 11) is 1.53. The Balaban J connectivity index is 2.35. The van der Waals surface area contributed by atoms with Gasteiger partial charge < -0.3 is 9.15 Å². The lowest BCUT2D eigenvalue weighted by Gasteiger charge is -2.04. The fourth-order valence-corrected chi connectivity index (χ4v) is 1.63. The summed E-state index contributed by atoms with van der Waals surface area (Å²) in [6, 6.07) is 6.52. The van der Waals surface area contributed by atoms with E-state index in [1.165, 1.54) is 19.6 Å². The Bertz CT molecular complexity index is 503. The summed E-state index contributed by atoms with van der Waals surface area (Å²) in [5.41, 5.74) is 1.01. The maximum absolute atomic E-state index is 11.9. The molecule has 0 aliphatic rings. The average molecular weight is 237 g/mol. The van der Waals surface area contributed by atoms with Crippen molar-refractivity contribution in [3.05, 3.63) is 52.9 Å². The van der Waals surface area contributed by atoms with E-state index >= 15 is 0 Å². The number of benzene rings is 1. The van der Waals surface area contributed by atoms with Gasteiger partial charge in [0.25, 0.3) is 0 Å². The molecule has 0 atom stereocenters. The topological polar surface area (TPSA) is 39.4 Å². The number of hydrogen-bond acceptors (Lipinski definition) is 3. The van der Waals surface area contributed by atoms with Crippen LogP contribution in [0.1, 0.15) is 15.9 Å². The molecule has 3 nitrogen and oxygen atoms in total. The number of carbonyl (C=O) groups excluding carboxylic acids is 1. The SMILES string of the molecule is COc1ccc(C(=O)c2ccoc2)cc1Cl. The van der Waals surface area contributed by atoms with Crippen molar-refractivity contribution in [2.24, 2.45) is 0 Å². The Kier molecular flexibility index (Phi) is 2.97. The first-order valence-corrected chi connectivity index (χ1v) is 5.00. The fraction of sp³-hybridized carbons (Fsp3) is 0.0833. The Labute approximate surface area is 97.6 Å². The number of hydrogen-bond donors (Lipinski definition) is 0. The molecule has 0 aliphatic heterocycles. The van der Waals surface area contributed by atoms with Crippen molar-refractivity contribution in [3.63, 3.8) is 0 Å². The van der Waals surface area contributed by atoms with Crippen LogP contribution in [0.4, 0.5) is 0 Å². The third-order valence-electron chi connectivity index (χ3n) is 2.20. The predicted octanol–water partition coefficient (Wildman–Crippen LogP) is 3.17. The summed E-state index contributed by atoms with van der Waals surface area (Å²) in [5.74, 6) is 0.420. The standard InChI is InChI=1S/C12H9ClO3/c1-15-11-3-2-8(6-10(11)13)12(14)9-4-5-16-7-9/h2-7H,1H3. The second-order valence-electron chi connectivity index (χ2n) is 3.19. The number of rotatable bonds is 3. The molecule has 0 unspecified atom stereocenters. The summed E-state index contributed by atoms with van der Waals surface area (Å²) in [6.07, 6.45) is 2.86. The molecule has 2 rings (SSSR count). The summed E-state index contributed by atoms with van der Waals surface area (Å²) in [5, 5.41) is 0.414. The monoisotopic (exact) mass is 236 g/mol. The largest absolute Gasteiger partial charge is 0.495 e. The van der Waals surface area contributed by atoms with Crippen LogP contribution >= 0.6 is 11.6 Å². The Morgan fingerprint density at radius 2 is 2.12 bits per heavy atom. The Morgan fingerprint density at radius 3 is 2.69 bits per heavy atom. The van der Waals surface area contributed by atoms with E-state index < -0.39 is 0 Å². The Morgan fingerprint density at radius 1 is 1.31 bits per heavy atom. The summed E-state index contributed by atoms with van der Waals surface area (Å²) in [4.78, 5) is 11.9. The van der Waals surface area contributed by atoms with Crippen molar-refractivity contribution < 1.29 is 13.9 Å². The van der Waals surface area contributed by atoms with Crippen LogP contribution in [0, 0.1) is 0 Å². The van der Waals surface area contributed by atoms with Gasteiger partial charge in [0.2, 0.25) is 0 Å². The molecule has 0 fully saturated rings. The van der Waals surface area contributed by atoms with Crippen molar-refractivity contribution in [2.75, 3.05) is 7.11 Å². The molecule has 16 heavy (non-hydrogen) atoms. The minimum Gasteiger partial charge on any atom is -0.495 e. The molecule has 2 aromatic rings. The van der Waals surface area contributed by atoms with Crippen LogP contribution in [0.15, 0.2) is 41.2 Å². The highest BCUT2D eigenvalue weighted by molar-refractivity contribution is 6.32. The number of ether oxygens (including phenoxy) is 1. The molecule has 0 saturated carbocycles. The molecule has 4 heteroatoms. The highest BCUT2D eigenvalue weighted by Gasteiger charge is 2.12. The molecule has 0 spiro atoms. The van der Waals surface area contributed by atoms with Crippen LogP contribution in [0.3, 0.4) is 0 Å². The van der Waals surface area contributed by atoms with Gasteiger partial charge in [-0.05, 0) is 24.3 Å². The molecule has 0 N–H and O–H groups in total. The van der Waals surface area contributed by atoms with Crippen LogP contribution in [-0.4, -0.2) is 12.9 Å². The number of carbonyl (C=O) groups is 1. The van der Waals surface area contributed by atoms with Crippen molar-refractivity contribution in [1.82, 2.24) is 0 Å². The molecule has 1 aromatic carbocycles. The molecular weight excluding hydrogens is 228 g/mol. The van der Waals surface area contributed by atoms with Gasteiger partial charge in [-0.25, -0.2) is 0 Å². The number of methoxy groups -OCH3 is 1. The molecule has 1 aromatic heterocycles. The number of ketones is 1. The Hall–Kier alpha value is -1.74. The number of furan rings is 1. The van der Waals surface area contributed by atoms with E-state index in [1.807, 2.05) is 0 Å². The molecule has 1 heterocycles. The van der Waals surface area contributed by atoms with E-state index in [2.05, 4.69) is 0 Å². The second kappa shape index (κ2) is 4.41. The van der Waals surface area contributed by atoms with Crippen LogP contribution < -0.4 is 4.74 Å². The highest BCUT2D eigenvalue weighted by atomic mass is 35.5. The lowest BCUT2D eigenvalue weighted by Crippen LogP contribution is -1.99. The van der Waals surface area contributed by atoms with E-state index in [-0.39, 0.29) is 5.78 Å². The summed E-state index contributed by atoms with van der Waals surface area (Å²) in [6.45, 7) is 0. The maximum Gasteiger partial charge on any atom is 0.196 e. The quantitative estimate of drug-likeness (QED) is 0.769. The van der Waals surface area contributed by atoms with Gasteiger partial charge in [-0.2, -0.15) is 0 Å². The van der Waals surface area contributed by atoms with Gasteiger partial charge in [-0.1, -0.05) is 11.6 Å². The smallest absolute Gasteiger partial charge is 0.196 e. The van der Waals surface area contributed by atoms with Crippen LogP contribution in [0.2, 0.25) is 5.02 Å². The van der Waals surface area contributed by atoms with Gasteiger partial charge in [-0.15, -0.1) is 0 Å². The van der Waals surface area contributed by atoms with Gasteiger partial charge in [0.1, 0.15) is 12.0 Å². The van der Waals surface area contributed by atoms with Crippen molar-refractivity contribution in [1.29, 1.82) is 0 Å². The molecule has 0 saturated heterocycles. The van der Waals surface area contributed by atoms with Gasteiger partial charge >= 0.3 is 0 Å². The van der Waals surface area contributed by atoms with Crippen molar-refractivity contribution in [3.8, 4) is 5.75 Å². The normalized spacial score (nSPS) is 10.1. The fourth-order valence-electron chi connectivity index (χ4n) is 1.37. The number of halogens is 1. The minimum atomic E-state index is -0.127. The van der Waals surface area contributed by atoms with E-state index in [0.29, 0.717) is 21.9 Å². The van der Waals surface area contributed by atoms with E-state index in [1.54, 1.807) is 24.3 Å². The molecule has 0 radical (unpaired) electrons. The van der Waals surface area contributed by atoms with E-state index in [0.717, 1.165) is 0 Å². The molecular formula is C12H9ClO3. The lowest BCUT2D eigenvalue weighted by molar-refractivity contribution is 0.103. The first-order chi connectivity index (χ1) is 7.72. The van der Waals surface area contributed by atoms with Gasteiger partial charge in [0.05, 0.1) is 24.0 Å². The third-order valence-corrected chi connectivity index (χ3v) is 2.49. The second-order valence-corrected chi connectivity index (χ2v) is 3.60. The van der Waals surface area contributed by atoms with Gasteiger partial charge in [0, 0.05) is 5.56 Å². The summed E-state index contributed by atoms with van der Waals surface area (Å²) < 4.78 is 9.86. The molecule has 0 bridgehead atoms. The van der Waals surface area contributed by atoms with Crippen LogP contribution in [-0.2, 0) is 0 Å². The van der Waals surface area contributed by atoms with Gasteiger partial charge in [0.15, 0.2) is 5.78 Å².